The van der Waals surface area contributed by atoms with Gasteiger partial charge in [-0.1, -0.05) is 0 Å². The van der Waals surface area contributed by atoms with Crippen LogP contribution >= 0.6 is 15.9 Å². The fraction of sp³-hybridized carbons (Fsp3) is 0.500. The Morgan fingerprint density at radius 3 is 2.58 bits per heavy atom. The minimum atomic E-state index is 0.0102. The van der Waals surface area contributed by atoms with Gasteiger partial charge in [-0.15, -0.1) is 0 Å². The molecule has 0 aromatic heterocycles. The van der Waals surface area contributed by atoms with Crippen molar-refractivity contribution >= 4 is 27.5 Å². The summed E-state index contributed by atoms with van der Waals surface area (Å²) in [5.74, 6) is 0.0102. The van der Waals surface area contributed by atoms with Crippen molar-refractivity contribution in [3.05, 3.63) is 28.2 Å². The fourth-order valence-electron chi connectivity index (χ4n) is 2.14. The van der Waals surface area contributed by atoms with E-state index in [0.717, 1.165) is 11.0 Å². The van der Waals surface area contributed by atoms with Gasteiger partial charge >= 0.3 is 0 Å². The summed E-state index contributed by atoms with van der Waals surface area (Å²) in [6, 6.07) is 5.46. The molecule has 0 radical (unpaired) electrons. The number of halogens is 1. The molecule has 0 heterocycles. The standard InChI is InChI=1S/C14H22BrN3O/c1-5-18(10(2)9-17(3)4)14(19)12-8-11(16)6-7-13(12)15/h6-8,10H,5,9,16H2,1-4H3. The summed E-state index contributed by atoms with van der Waals surface area (Å²) in [7, 11) is 4.01. The molecular formula is C14H22BrN3O. The summed E-state index contributed by atoms with van der Waals surface area (Å²) in [5, 5.41) is 0. The Morgan fingerprint density at radius 1 is 1.42 bits per heavy atom. The maximum Gasteiger partial charge on any atom is 0.255 e. The van der Waals surface area contributed by atoms with Gasteiger partial charge in [0.25, 0.3) is 5.91 Å². The number of likely N-dealkylation sites (N-methyl/N-ethyl adjacent to an activating group) is 2. The van der Waals surface area contributed by atoms with Crippen molar-refractivity contribution in [2.75, 3.05) is 32.9 Å². The van der Waals surface area contributed by atoms with Gasteiger partial charge in [0.2, 0.25) is 0 Å². The number of nitrogens with zero attached hydrogens (tertiary/aromatic N) is 2. The molecule has 1 amide bonds. The number of nitrogens with two attached hydrogens (primary N) is 1. The number of amides is 1. The molecule has 1 rings (SSSR count). The molecule has 0 saturated heterocycles. The molecule has 1 aromatic rings. The maximum absolute atomic E-state index is 12.6. The van der Waals surface area contributed by atoms with Crippen molar-refractivity contribution in [2.45, 2.75) is 19.9 Å². The van der Waals surface area contributed by atoms with Crippen molar-refractivity contribution in [2.24, 2.45) is 0 Å². The molecule has 0 aliphatic carbocycles. The molecule has 2 N–H and O–H groups in total. The first-order chi connectivity index (χ1) is 8.86. The Balaban J connectivity index is 2.98. The summed E-state index contributed by atoms with van der Waals surface area (Å²) >= 11 is 3.42. The second-order valence-corrected chi connectivity index (χ2v) is 5.80. The number of hydrogen-bond donors (Lipinski definition) is 1. The lowest BCUT2D eigenvalue weighted by Crippen LogP contribution is -2.43. The molecule has 0 aliphatic rings. The Kier molecular flexibility index (Phi) is 5.82. The molecule has 106 valence electrons. The molecule has 4 nitrogen and oxygen atoms in total. The molecule has 1 aromatic carbocycles. The normalized spacial score (nSPS) is 12.5. The molecule has 0 saturated carbocycles. The molecule has 5 heteroatoms. The minimum absolute atomic E-state index is 0.0102. The monoisotopic (exact) mass is 327 g/mol. The van der Waals surface area contributed by atoms with Gasteiger partial charge in [-0.05, 0) is 62.1 Å². The van der Waals surface area contributed by atoms with Crippen LogP contribution in [-0.4, -0.2) is 48.9 Å². The largest absolute Gasteiger partial charge is 0.399 e. The zero-order valence-corrected chi connectivity index (χ0v) is 13.6. The van der Waals surface area contributed by atoms with Crippen LogP contribution in [0.15, 0.2) is 22.7 Å². The first-order valence-corrected chi connectivity index (χ1v) is 7.16. The zero-order chi connectivity index (χ0) is 14.6. The van der Waals surface area contributed by atoms with Crippen molar-refractivity contribution in [1.82, 2.24) is 9.80 Å². The SMILES string of the molecule is CCN(C(=O)c1cc(N)ccc1Br)C(C)CN(C)C. The summed E-state index contributed by atoms with van der Waals surface area (Å²) in [6.45, 7) is 5.56. The van der Waals surface area contributed by atoms with Gasteiger partial charge in [0.1, 0.15) is 0 Å². The average molecular weight is 328 g/mol. The number of rotatable bonds is 5. The van der Waals surface area contributed by atoms with E-state index in [-0.39, 0.29) is 11.9 Å². The highest BCUT2D eigenvalue weighted by molar-refractivity contribution is 9.10. The number of benzene rings is 1. The van der Waals surface area contributed by atoms with Gasteiger partial charge in [-0.25, -0.2) is 0 Å². The molecule has 0 aliphatic heterocycles. The summed E-state index contributed by atoms with van der Waals surface area (Å²) in [6.07, 6.45) is 0. The van der Waals surface area contributed by atoms with E-state index >= 15 is 0 Å². The first kappa shape index (κ1) is 16.0. The van der Waals surface area contributed by atoms with Gasteiger partial charge in [-0.3, -0.25) is 4.79 Å². The van der Waals surface area contributed by atoms with Gasteiger partial charge in [0.15, 0.2) is 0 Å². The van der Waals surface area contributed by atoms with E-state index in [1.165, 1.54) is 0 Å². The van der Waals surface area contributed by atoms with Crippen LogP contribution in [0.3, 0.4) is 0 Å². The van der Waals surface area contributed by atoms with E-state index in [1.54, 1.807) is 12.1 Å². The smallest absolute Gasteiger partial charge is 0.255 e. The fourth-order valence-corrected chi connectivity index (χ4v) is 2.56. The molecule has 0 spiro atoms. The van der Waals surface area contributed by atoms with Gasteiger partial charge in [0.05, 0.1) is 5.56 Å². The highest BCUT2D eigenvalue weighted by Crippen LogP contribution is 2.22. The quantitative estimate of drug-likeness (QED) is 0.845. The van der Waals surface area contributed by atoms with E-state index in [0.29, 0.717) is 17.8 Å². The lowest BCUT2D eigenvalue weighted by molar-refractivity contribution is 0.0678. The van der Waals surface area contributed by atoms with Crippen molar-refractivity contribution < 1.29 is 4.79 Å². The second-order valence-electron chi connectivity index (χ2n) is 4.94. The Morgan fingerprint density at radius 2 is 2.05 bits per heavy atom. The van der Waals surface area contributed by atoms with Gasteiger partial charge < -0.3 is 15.5 Å². The van der Waals surface area contributed by atoms with Crippen LogP contribution in [0.4, 0.5) is 5.69 Å². The Labute approximate surface area is 123 Å². The first-order valence-electron chi connectivity index (χ1n) is 6.37. The number of hydrogen-bond acceptors (Lipinski definition) is 3. The number of carbonyl (C=O) groups excluding carboxylic acids is 1. The van der Waals surface area contributed by atoms with Crippen LogP contribution < -0.4 is 5.73 Å². The molecular weight excluding hydrogens is 306 g/mol. The van der Waals surface area contributed by atoms with Crippen LogP contribution in [0.2, 0.25) is 0 Å². The van der Waals surface area contributed by atoms with Crippen LogP contribution in [0, 0.1) is 0 Å². The van der Waals surface area contributed by atoms with Gasteiger partial charge in [0, 0.05) is 29.3 Å². The van der Waals surface area contributed by atoms with Gasteiger partial charge in [-0.2, -0.15) is 0 Å². The van der Waals surface area contributed by atoms with Crippen molar-refractivity contribution in [3.63, 3.8) is 0 Å². The lowest BCUT2D eigenvalue weighted by Gasteiger charge is -2.30. The second kappa shape index (κ2) is 6.91. The predicted octanol–water partition coefficient (Wildman–Crippen LogP) is 2.44. The maximum atomic E-state index is 12.6. The molecule has 0 bridgehead atoms. The van der Waals surface area contributed by atoms with Crippen LogP contribution in [0.1, 0.15) is 24.2 Å². The van der Waals surface area contributed by atoms with Crippen molar-refractivity contribution in [3.8, 4) is 0 Å². The van der Waals surface area contributed by atoms with E-state index in [9.17, 15) is 4.79 Å². The lowest BCUT2D eigenvalue weighted by atomic mass is 10.1. The van der Waals surface area contributed by atoms with E-state index in [2.05, 4.69) is 27.8 Å². The Bertz CT molecular complexity index is 448. The predicted molar refractivity (Wildman–Crippen MR) is 83.3 cm³/mol. The van der Waals surface area contributed by atoms with E-state index < -0.39 is 0 Å². The minimum Gasteiger partial charge on any atom is -0.399 e. The number of anilines is 1. The third-order valence-corrected chi connectivity index (χ3v) is 3.68. The summed E-state index contributed by atoms with van der Waals surface area (Å²) in [4.78, 5) is 16.5. The topological polar surface area (TPSA) is 49.6 Å². The zero-order valence-electron chi connectivity index (χ0n) is 12.0. The highest BCUT2D eigenvalue weighted by Gasteiger charge is 2.22. The van der Waals surface area contributed by atoms with Crippen LogP contribution in [0.5, 0.6) is 0 Å². The average Bonchev–Trinajstić information content (AvgIpc) is 2.32. The van der Waals surface area contributed by atoms with E-state index in [1.807, 2.05) is 32.0 Å². The van der Waals surface area contributed by atoms with Crippen molar-refractivity contribution in [1.29, 1.82) is 0 Å². The summed E-state index contributed by atoms with van der Waals surface area (Å²) in [5.41, 5.74) is 6.98. The third-order valence-electron chi connectivity index (χ3n) is 2.98. The van der Waals surface area contributed by atoms with Crippen LogP contribution in [0.25, 0.3) is 0 Å². The Hall–Kier alpha value is -1.07. The van der Waals surface area contributed by atoms with E-state index in [4.69, 9.17) is 5.73 Å². The molecule has 0 fully saturated rings. The number of nitrogen functional groups attached to an aromatic ring is 1. The highest BCUT2D eigenvalue weighted by atomic mass is 79.9. The molecule has 19 heavy (non-hydrogen) atoms. The third kappa shape index (κ3) is 4.21. The van der Waals surface area contributed by atoms with Crippen LogP contribution in [-0.2, 0) is 0 Å². The summed E-state index contributed by atoms with van der Waals surface area (Å²) < 4.78 is 0.780. The number of carbonyl (C=O) groups is 1. The molecule has 1 atom stereocenters. The molecule has 1 unspecified atom stereocenters.